The second-order valence-electron chi connectivity index (χ2n) is 4.11. The monoisotopic (exact) mass is 245 g/mol. The molecule has 1 aromatic rings. The minimum Gasteiger partial charge on any atom is -0.485 e. The molecule has 0 radical (unpaired) electrons. The van der Waals surface area contributed by atoms with E-state index in [0.717, 1.165) is 25.3 Å². The Morgan fingerprint density at radius 1 is 1.50 bits per heavy atom. The van der Waals surface area contributed by atoms with Gasteiger partial charge in [-0.3, -0.25) is 4.98 Å². The first kappa shape index (κ1) is 12.4. The summed E-state index contributed by atoms with van der Waals surface area (Å²) in [7, 11) is 0. The standard InChI is InChI=1S/C14H15NO3/c16-14(17)9-7-11-6-8-13(10-15-11)18-12-4-2-1-3-5-12/h2,4,6-10,12H,1,3,5H2,(H,16,17)/b9-7+. The molecule has 1 aliphatic carbocycles. The summed E-state index contributed by atoms with van der Waals surface area (Å²) in [4.78, 5) is 14.5. The highest BCUT2D eigenvalue weighted by atomic mass is 16.5. The summed E-state index contributed by atoms with van der Waals surface area (Å²) >= 11 is 0. The molecule has 0 saturated heterocycles. The highest BCUT2D eigenvalue weighted by molar-refractivity contribution is 5.84. The zero-order valence-electron chi connectivity index (χ0n) is 9.95. The van der Waals surface area contributed by atoms with Gasteiger partial charge in [0.1, 0.15) is 11.9 Å². The van der Waals surface area contributed by atoms with Crippen molar-refractivity contribution in [1.82, 2.24) is 4.98 Å². The van der Waals surface area contributed by atoms with E-state index in [4.69, 9.17) is 9.84 Å². The third kappa shape index (κ3) is 3.73. The van der Waals surface area contributed by atoms with E-state index in [9.17, 15) is 4.79 Å². The number of allylic oxidation sites excluding steroid dienone is 1. The molecule has 0 aliphatic heterocycles. The molecule has 0 bridgehead atoms. The molecule has 0 aromatic carbocycles. The Balaban J connectivity index is 1.96. The number of hydrogen-bond acceptors (Lipinski definition) is 3. The van der Waals surface area contributed by atoms with Gasteiger partial charge in [0.25, 0.3) is 0 Å². The van der Waals surface area contributed by atoms with E-state index in [0.29, 0.717) is 11.4 Å². The number of pyridine rings is 1. The summed E-state index contributed by atoms with van der Waals surface area (Å²) in [5, 5.41) is 8.50. The number of carboxylic acids is 1. The van der Waals surface area contributed by atoms with Crippen molar-refractivity contribution in [2.45, 2.75) is 25.4 Å². The molecule has 1 unspecified atom stereocenters. The van der Waals surface area contributed by atoms with E-state index in [1.54, 1.807) is 18.3 Å². The highest BCUT2D eigenvalue weighted by Gasteiger charge is 2.09. The maximum atomic E-state index is 10.4. The largest absolute Gasteiger partial charge is 0.485 e. The van der Waals surface area contributed by atoms with E-state index in [-0.39, 0.29) is 6.10 Å². The number of carbonyl (C=O) groups is 1. The Labute approximate surface area is 106 Å². The van der Waals surface area contributed by atoms with Gasteiger partial charge in [0.2, 0.25) is 0 Å². The highest BCUT2D eigenvalue weighted by Crippen LogP contribution is 2.18. The zero-order chi connectivity index (χ0) is 12.8. The number of ether oxygens (including phenoxy) is 1. The Morgan fingerprint density at radius 2 is 2.39 bits per heavy atom. The molecule has 0 saturated carbocycles. The summed E-state index contributed by atoms with van der Waals surface area (Å²) in [5.41, 5.74) is 0.601. The average molecular weight is 245 g/mol. The molecule has 0 spiro atoms. The van der Waals surface area contributed by atoms with Gasteiger partial charge < -0.3 is 9.84 Å². The van der Waals surface area contributed by atoms with Crippen LogP contribution < -0.4 is 4.74 Å². The molecule has 94 valence electrons. The van der Waals surface area contributed by atoms with Crippen molar-refractivity contribution in [3.05, 3.63) is 42.3 Å². The number of aromatic nitrogens is 1. The van der Waals surface area contributed by atoms with E-state index < -0.39 is 5.97 Å². The molecule has 1 atom stereocenters. The van der Waals surface area contributed by atoms with Crippen LogP contribution in [0.5, 0.6) is 5.75 Å². The topological polar surface area (TPSA) is 59.4 Å². The normalized spacial score (nSPS) is 19.0. The van der Waals surface area contributed by atoms with Crippen LogP contribution in [0.2, 0.25) is 0 Å². The third-order valence-electron chi connectivity index (χ3n) is 2.65. The first-order valence-electron chi connectivity index (χ1n) is 5.94. The van der Waals surface area contributed by atoms with Gasteiger partial charge in [-0.25, -0.2) is 4.79 Å². The Bertz CT molecular complexity index is 462. The smallest absolute Gasteiger partial charge is 0.328 e. The van der Waals surface area contributed by atoms with Crippen LogP contribution in [0.4, 0.5) is 0 Å². The lowest BCUT2D eigenvalue weighted by Crippen LogP contribution is -2.15. The maximum absolute atomic E-state index is 10.4. The van der Waals surface area contributed by atoms with Crippen molar-refractivity contribution in [3.8, 4) is 5.75 Å². The third-order valence-corrected chi connectivity index (χ3v) is 2.65. The summed E-state index contributed by atoms with van der Waals surface area (Å²) < 4.78 is 5.75. The quantitative estimate of drug-likeness (QED) is 0.654. The second-order valence-corrected chi connectivity index (χ2v) is 4.11. The second kappa shape index (κ2) is 6.00. The van der Waals surface area contributed by atoms with Gasteiger partial charge in [-0.1, -0.05) is 6.08 Å². The molecule has 4 heteroatoms. The van der Waals surface area contributed by atoms with Crippen molar-refractivity contribution in [2.24, 2.45) is 0 Å². The SMILES string of the molecule is O=C(O)/C=C/c1ccc(OC2C=CCCC2)cn1. The molecule has 1 N–H and O–H groups in total. The number of hydrogen-bond donors (Lipinski definition) is 1. The van der Waals surface area contributed by atoms with Crippen LogP contribution in [0.15, 0.2) is 36.6 Å². The fourth-order valence-corrected chi connectivity index (χ4v) is 1.77. The van der Waals surface area contributed by atoms with E-state index in [1.807, 2.05) is 0 Å². The Hall–Kier alpha value is -2.10. The molecular weight excluding hydrogens is 230 g/mol. The first-order chi connectivity index (χ1) is 8.74. The molecule has 2 rings (SSSR count). The van der Waals surface area contributed by atoms with Crippen LogP contribution in [0.25, 0.3) is 6.08 Å². The van der Waals surface area contributed by atoms with Crippen molar-refractivity contribution < 1.29 is 14.6 Å². The number of aliphatic carboxylic acids is 1. The minimum absolute atomic E-state index is 0.126. The van der Waals surface area contributed by atoms with Crippen LogP contribution >= 0.6 is 0 Å². The fourth-order valence-electron chi connectivity index (χ4n) is 1.77. The van der Waals surface area contributed by atoms with Gasteiger partial charge >= 0.3 is 5.97 Å². The summed E-state index contributed by atoms with van der Waals surface area (Å²) in [5.74, 6) is -0.275. The van der Waals surface area contributed by atoms with Gasteiger partial charge in [0, 0.05) is 6.08 Å². The molecular formula is C14H15NO3. The average Bonchev–Trinajstić information content (AvgIpc) is 2.39. The Kier molecular flexibility index (Phi) is 4.12. The molecule has 1 aliphatic rings. The van der Waals surface area contributed by atoms with Crippen molar-refractivity contribution in [3.63, 3.8) is 0 Å². The van der Waals surface area contributed by atoms with Crippen molar-refractivity contribution in [2.75, 3.05) is 0 Å². The predicted octanol–water partition coefficient (Wildman–Crippen LogP) is 2.67. The molecule has 4 nitrogen and oxygen atoms in total. The number of nitrogens with zero attached hydrogens (tertiary/aromatic N) is 1. The fraction of sp³-hybridized carbons (Fsp3) is 0.286. The van der Waals surface area contributed by atoms with E-state index in [2.05, 4.69) is 17.1 Å². The van der Waals surface area contributed by atoms with Crippen LogP contribution in [0, 0.1) is 0 Å². The van der Waals surface area contributed by atoms with Gasteiger partial charge in [-0.05, 0) is 43.5 Å². The lowest BCUT2D eigenvalue weighted by Gasteiger charge is -2.18. The first-order valence-corrected chi connectivity index (χ1v) is 5.94. The van der Waals surface area contributed by atoms with Crippen LogP contribution in [-0.4, -0.2) is 22.2 Å². The van der Waals surface area contributed by atoms with Gasteiger partial charge in [-0.15, -0.1) is 0 Å². The molecule has 0 amide bonds. The van der Waals surface area contributed by atoms with Gasteiger partial charge in [-0.2, -0.15) is 0 Å². The van der Waals surface area contributed by atoms with Gasteiger partial charge in [0.05, 0.1) is 11.9 Å². The number of carboxylic acid groups (broad SMARTS) is 1. The molecule has 1 heterocycles. The van der Waals surface area contributed by atoms with Crippen molar-refractivity contribution in [1.29, 1.82) is 0 Å². The summed E-state index contributed by atoms with van der Waals surface area (Å²) in [6.45, 7) is 0. The van der Waals surface area contributed by atoms with E-state index in [1.165, 1.54) is 6.08 Å². The molecule has 1 aromatic heterocycles. The van der Waals surface area contributed by atoms with Crippen molar-refractivity contribution >= 4 is 12.0 Å². The Morgan fingerprint density at radius 3 is 3.00 bits per heavy atom. The maximum Gasteiger partial charge on any atom is 0.328 e. The predicted molar refractivity (Wildman–Crippen MR) is 68.3 cm³/mol. The summed E-state index contributed by atoms with van der Waals surface area (Å²) in [6, 6.07) is 3.54. The lowest BCUT2D eigenvalue weighted by atomic mass is 10.1. The lowest BCUT2D eigenvalue weighted by molar-refractivity contribution is -0.131. The van der Waals surface area contributed by atoms with E-state index >= 15 is 0 Å². The van der Waals surface area contributed by atoms with Crippen LogP contribution in [0.1, 0.15) is 25.0 Å². The molecule has 18 heavy (non-hydrogen) atoms. The number of rotatable bonds is 4. The minimum atomic E-state index is -0.982. The zero-order valence-corrected chi connectivity index (χ0v) is 9.95. The van der Waals surface area contributed by atoms with Crippen LogP contribution in [0.3, 0.4) is 0 Å². The van der Waals surface area contributed by atoms with Gasteiger partial charge in [0.15, 0.2) is 0 Å². The summed E-state index contributed by atoms with van der Waals surface area (Å²) in [6.07, 6.45) is 11.7. The van der Waals surface area contributed by atoms with Crippen LogP contribution in [-0.2, 0) is 4.79 Å². The molecule has 0 fully saturated rings.